The first-order chi connectivity index (χ1) is 17.4. The molecular formula is C26H35Cl2N3O5S. The zero-order chi connectivity index (χ0) is 27.8. The minimum absolute atomic E-state index is 0.0447. The second-order valence-corrected chi connectivity index (χ2v) is 11.4. The van der Waals surface area contributed by atoms with Gasteiger partial charge < -0.3 is 15.0 Å². The molecular weight excluding hydrogens is 537 g/mol. The van der Waals surface area contributed by atoms with E-state index in [2.05, 4.69) is 5.32 Å². The summed E-state index contributed by atoms with van der Waals surface area (Å²) in [4.78, 5) is 28.3. The van der Waals surface area contributed by atoms with E-state index >= 15 is 0 Å². The molecule has 0 spiro atoms. The Balaban J connectivity index is 2.44. The first-order valence-electron chi connectivity index (χ1n) is 12.2. The molecule has 0 aliphatic heterocycles. The Labute approximate surface area is 229 Å². The summed E-state index contributed by atoms with van der Waals surface area (Å²) >= 11 is 12.2. The Morgan fingerprint density at radius 3 is 2.16 bits per heavy atom. The van der Waals surface area contributed by atoms with Crippen LogP contribution in [0.2, 0.25) is 10.0 Å². The number of hydrogen-bond donors (Lipinski definition) is 1. The molecule has 0 aliphatic rings. The van der Waals surface area contributed by atoms with E-state index in [1.807, 2.05) is 20.8 Å². The maximum Gasteiger partial charge on any atom is 0.244 e. The van der Waals surface area contributed by atoms with Crippen LogP contribution in [-0.2, 0) is 26.2 Å². The molecule has 2 aromatic rings. The summed E-state index contributed by atoms with van der Waals surface area (Å²) < 4.78 is 31.9. The SMILES string of the molecule is CCOc1ccc(N(CC(=O)N(Cc2ccc(Cl)c(Cl)c2)[C@H](CC)C(=O)N[C@@H](C)CC)S(C)(=O)=O)cc1. The lowest BCUT2D eigenvalue weighted by molar-refractivity contribution is -0.140. The molecule has 0 fully saturated rings. The van der Waals surface area contributed by atoms with Crippen LogP contribution < -0.4 is 14.4 Å². The second kappa shape index (κ2) is 13.9. The third kappa shape index (κ3) is 8.79. The summed E-state index contributed by atoms with van der Waals surface area (Å²) in [6.45, 7) is 7.51. The number of nitrogens with zero attached hydrogens (tertiary/aromatic N) is 2. The fourth-order valence-corrected chi connectivity index (χ4v) is 4.85. The fraction of sp³-hybridized carbons (Fsp3) is 0.462. The summed E-state index contributed by atoms with van der Waals surface area (Å²) in [6, 6.07) is 10.5. The van der Waals surface area contributed by atoms with E-state index in [9.17, 15) is 18.0 Å². The maximum absolute atomic E-state index is 13.7. The van der Waals surface area contributed by atoms with Gasteiger partial charge >= 0.3 is 0 Å². The van der Waals surface area contributed by atoms with E-state index in [0.29, 0.717) is 40.1 Å². The number of rotatable bonds is 13. The van der Waals surface area contributed by atoms with Crippen LogP contribution in [0, 0.1) is 0 Å². The molecule has 11 heteroatoms. The zero-order valence-electron chi connectivity index (χ0n) is 21.8. The Bertz CT molecular complexity index is 1180. The maximum atomic E-state index is 13.7. The molecule has 2 aromatic carbocycles. The minimum Gasteiger partial charge on any atom is -0.494 e. The number of anilines is 1. The van der Waals surface area contributed by atoms with Crippen molar-refractivity contribution in [1.29, 1.82) is 0 Å². The van der Waals surface area contributed by atoms with Gasteiger partial charge in [0.15, 0.2) is 0 Å². The Kier molecular flexibility index (Phi) is 11.5. The number of halogens is 2. The van der Waals surface area contributed by atoms with Crippen LogP contribution in [0.25, 0.3) is 0 Å². The molecule has 2 atom stereocenters. The summed E-state index contributed by atoms with van der Waals surface area (Å²) in [5.41, 5.74) is 0.968. The molecule has 204 valence electrons. The van der Waals surface area contributed by atoms with Crippen molar-refractivity contribution in [3.05, 3.63) is 58.1 Å². The van der Waals surface area contributed by atoms with Gasteiger partial charge in [0.1, 0.15) is 18.3 Å². The molecule has 0 saturated heterocycles. The average molecular weight is 573 g/mol. The van der Waals surface area contributed by atoms with Crippen LogP contribution in [0.1, 0.15) is 46.1 Å². The van der Waals surface area contributed by atoms with E-state index in [1.54, 1.807) is 49.4 Å². The van der Waals surface area contributed by atoms with E-state index < -0.39 is 28.5 Å². The molecule has 0 bridgehead atoms. The van der Waals surface area contributed by atoms with Crippen molar-refractivity contribution >= 4 is 50.7 Å². The number of carbonyl (C=O) groups is 2. The molecule has 2 amide bonds. The van der Waals surface area contributed by atoms with Crippen LogP contribution in [0.15, 0.2) is 42.5 Å². The molecule has 2 rings (SSSR count). The third-order valence-electron chi connectivity index (χ3n) is 5.84. The Morgan fingerprint density at radius 1 is 1.00 bits per heavy atom. The Morgan fingerprint density at radius 2 is 1.65 bits per heavy atom. The van der Waals surface area contributed by atoms with Gasteiger partial charge in [-0.3, -0.25) is 13.9 Å². The number of carbonyl (C=O) groups excluding carboxylic acids is 2. The highest BCUT2D eigenvalue weighted by Crippen LogP contribution is 2.25. The number of sulfonamides is 1. The monoisotopic (exact) mass is 571 g/mol. The molecule has 0 radical (unpaired) electrons. The summed E-state index contributed by atoms with van der Waals surface area (Å²) in [5.74, 6) is -0.256. The number of ether oxygens (including phenoxy) is 1. The standard InChI is InChI=1S/C26H35Cl2N3O5S/c1-6-18(4)29-26(33)24(7-2)30(16-19-9-14-22(27)23(28)15-19)25(32)17-31(37(5,34)35)20-10-12-21(13-11-20)36-8-3/h9-15,18,24H,6-8,16-17H2,1-5H3,(H,29,33)/t18-,24+/m0/s1. The van der Waals surface area contributed by atoms with Gasteiger partial charge in [-0.25, -0.2) is 8.42 Å². The molecule has 0 heterocycles. The minimum atomic E-state index is -3.83. The predicted molar refractivity (Wildman–Crippen MR) is 149 cm³/mol. The van der Waals surface area contributed by atoms with Gasteiger partial charge in [0.05, 0.1) is 28.6 Å². The van der Waals surface area contributed by atoms with Gasteiger partial charge in [-0.2, -0.15) is 0 Å². The van der Waals surface area contributed by atoms with E-state index in [0.717, 1.165) is 17.0 Å². The largest absolute Gasteiger partial charge is 0.494 e. The highest BCUT2D eigenvalue weighted by Gasteiger charge is 2.32. The predicted octanol–water partition coefficient (Wildman–Crippen LogP) is 4.88. The van der Waals surface area contributed by atoms with E-state index in [-0.39, 0.29) is 18.5 Å². The van der Waals surface area contributed by atoms with Crippen LogP contribution in [-0.4, -0.2) is 56.6 Å². The van der Waals surface area contributed by atoms with Gasteiger partial charge in [-0.1, -0.05) is 43.1 Å². The van der Waals surface area contributed by atoms with E-state index in [4.69, 9.17) is 27.9 Å². The van der Waals surface area contributed by atoms with Crippen molar-refractivity contribution in [2.75, 3.05) is 23.7 Å². The quantitative estimate of drug-likeness (QED) is 0.369. The van der Waals surface area contributed by atoms with Gasteiger partial charge in [0.2, 0.25) is 21.8 Å². The van der Waals surface area contributed by atoms with Gasteiger partial charge in [-0.05, 0) is 68.7 Å². The van der Waals surface area contributed by atoms with Crippen molar-refractivity contribution in [3.8, 4) is 5.75 Å². The highest BCUT2D eigenvalue weighted by molar-refractivity contribution is 7.92. The number of benzene rings is 2. The lowest BCUT2D eigenvalue weighted by Crippen LogP contribution is -2.53. The zero-order valence-corrected chi connectivity index (χ0v) is 24.2. The van der Waals surface area contributed by atoms with Gasteiger partial charge in [0.25, 0.3) is 0 Å². The lowest BCUT2D eigenvalue weighted by Gasteiger charge is -2.33. The third-order valence-corrected chi connectivity index (χ3v) is 7.72. The smallest absolute Gasteiger partial charge is 0.244 e. The molecule has 8 nitrogen and oxygen atoms in total. The topological polar surface area (TPSA) is 96.0 Å². The van der Waals surface area contributed by atoms with Crippen molar-refractivity contribution in [2.45, 2.75) is 59.2 Å². The van der Waals surface area contributed by atoms with Crippen LogP contribution >= 0.6 is 23.2 Å². The number of hydrogen-bond acceptors (Lipinski definition) is 5. The first-order valence-corrected chi connectivity index (χ1v) is 14.8. The average Bonchev–Trinajstić information content (AvgIpc) is 2.84. The fourth-order valence-electron chi connectivity index (χ4n) is 3.68. The van der Waals surface area contributed by atoms with E-state index in [1.165, 1.54) is 4.90 Å². The molecule has 1 N–H and O–H groups in total. The first kappa shape index (κ1) is 30.7. The van der Waals surface area contributed by atoms with Crippen molar-refractivity contribution in [3.63, 3.8) is 0 Å². The van der Waals surface area contributed by atoms with Gasteiger partial charge in [-0.15, -0.1) is 0 Å². The van der Waals surface area contributed by atoms with Crippen molar-refractivity contribution in [2.24, 2.45) is 0 Å². The normalized spacial score (nSPS) is 12.9. The van der Waals surface area contributed by atoms with Gasteiger partial charge in [0, 0.05) is 12.6 Å². The highest BCUT2D eigenvalue weighted by atomic mass is 35.5. The second-order valence-electron chi connectivity index (χ2n) is 8.71. The molecule has 37 heavy (non-hydrogen) atoms. The van der Waals surface area contributed by atoms with Crippen LogP contribution in [0.4, 0.5) is 5.69 Å². The van der Waals surface area contributed by atoms with Crippen LogP contribution in [0.3, 0.4) is 0 Å². The molecule has 0 saturated carbocycles. The summed E-state index contributed by atoms with van der Waals surface area (Å²) in [5, 5.41) is 3.61. The van der Waals surface area contributed by atoms with Crippen LogP contribution in [0.5, 0.6) is 5.75 Å². The molecule has 0 unspecified atom stereocenters. The van der Waals surface area contributed by atoms with Crippen molar-refractivity contribution in [1.82, 2.24) is 10.2 Å². The molecule has 0 aliphatic carbocycles. The Hall–Kier alpha value is -2.49. The lowest BCUT2D eigenvalue weighted by atomic mass is 10.1. The number of nitrogens with one attached hydrogen (secondary N) is 1. The molecule has 0 aromatic heterocycles. The number of amides is 2. The summed E-state index contributed by atoms with van der Waals surface area (Å²) in [6.07, 6.45) is 2.09. The summed E-state index contributed by atoms with van der Waals surface area (Å²) in [7, 11) is -3.83. The van der Waals surface area contributed by atoms with Crippen molar-refractivity contribution < 1.29 is 22.7 Å².